The van der Waals surface area contributed by atoms with Gasteiger partial charge < -0.3 is 5.11 Å². The predicted octanol–water partition coefficient (Wildman–Crippen LogP) is 2.39. The van der Waals surface area contributed by atoms with Crippen LogP contribution in [0.1, 0.15) is 43.4 Å². The van der Waals surface area contributed by atoms with Crippen LogP contribution in [-0.4, -0.2) is 16.0 Å². The van der Waals surface area contributed by atoms with Crippen LogP contribution in [0.4, 0.5) is 0 Å². The molecule has 0 unspecified atom stereocenters. The molecule has 1 aliphatic carbocycles. The fraction of sp³-hybridized carbons (Fsp3) is 0.571. The summed E-state index contributed by atoms with van der Waals surface area (Å²) in [6.45, 7) is 5.88. The van der Waals surface area contributed by atoms with Gasteiger partial charge in [0, 0.05) is 19.1 Å². The van der Waals surface area contributed by atoms with E-state index in [1.807, 2.05) is 13.8 Å². The quantitative estimate of drug-likeness (QED) is 0.822. The van der Waals surface area contributed by atoms with E-state index in [1.165, 1.54) is 24.0 Å². The Morgan fingerprint density at radius 1 is 1.19 bits per heavy atom. The molecule has 16 heavy (non-hydrogen) atoms. The first-order valence-corrected chi connectivity index (χ1v) is 6.13. The van der Waals surface area contributed by atoms with E-state index >= 15 is 0 Å². The van der Waals surface area contributed by atoms with Crippen molar-refractivity contribution < 1.29 is 5.11 Å². The number of benzene rings is 1. The molecule has 1 fully saturated rings. The van der Waals surface area contributed by atoms with Gasteiger partial charge in [0.1, 0.15) is 0 Å². The Labute approximate surface area is 96.9 Å². The summed E-state index contributed by atoms with van der Waals surface area (Å²) in [6.07, 6.45) is 2.73. The average molecular weight is 217 g/mol. The van der Waals surface area contributed by atoms with Gasteiger partial charge in [-0.1, -0.05) is 18.2 Å². The van der Waals surface area contributed by atoms with E-state index in [-0.39, 0.29) is 0 Å². The minimum atomic E-state index is -0.720. The first-order chi connectivity index (χ1) is 7.54. The van der Waals surface area contributed by atoms with Crippen molar-refractivity contribution in [2.45, 2.75) is 51.4 Å². The van der Waals surface area contributed by atoms with Gasteiger partial charge >= 0.3 is 0 Å². The van der Waals surface area contributed by atoms with Crippen molar-refractivity contribution in [1.29, 1.82) is 0 Å². The average Bonchev–Trinajstić information content (AvgIpc) is 2.96. The second kappa shape index (κ2) is 3.31. The number of hydrogen-bond donors (Lipinski definition) is 1. The third kappa shape index (κ3) is 1.76. The molecular formula is C14H19NO. The molecule has 0 radical (unpaired) electrons. The summed E-state index contributed by atoms with van der Waals surface area (Å²) in [4.78, 5) is 2.55. The normalized spacial score (nSPS) is 21.2. The number of fused-ring (bicyclic) bond motifs is 1. The topological polar surface area (TPSA) is 23.5 Å². The lowest BCUT2D eigenvalue weighted by Gasteiger charge is -2.18. The third-order valence-corrected chi connectivity index (χ3v) is 3.72. The fourth-order valence-corrected chi connectivity index (χ4v) is 2.50. The van der Waals surface area contributed by atoms with E-state index in [2.05, 4.69) is 23.1 Å². The standard InChI is InChI=1S/C14H19NO/c1-14(2,16)12-4-3-10-8-15(13-5-6-13)9-11(10)7-12/h3-4,7,13,16H,5-6,8-9H2,1-2H3. The number of rotatable bonds is 2. The Morgan fingerprint density at radius 2 is 1.88 bits per heavy atom. The van der Waals surface area contributed by atoms with Gasteiger partial charge in [-0.25, -0.2) is 0 Å². The summed E-state index contributed by atoms with van der Waals surface area (Å²) >= 11 is 0. The third-order valence-electron chi connectivity index (χ3n) is 3.72. The van der Waals surface area contributed by atoms with E-state index in [4.69, 9.17) is 0 Å². The van der Waals surface area contributed by atoms with Crippen molar-refractivity contribution in [1.82, 2.24) is 4.90 Å². The van der Waals surface area contributed by atoms with Gasteiger partial charge in [0.2, 0.25) is 0 Å². The lowest BCUT2D eigenvalue weighted by Crippen LogP contribution is -2.18. The maximum atomic E-state index is 9.99. The largest absolute Gasteiger partial charge is 0.386 e. The van der Waals surface area contributed by atoms with Crippen LogP contribution in [-0.2, 0) is 18.7 Å². The molecule has 2 aliphatic rings. The first-order valence-electron chi connectivity index (χ1n) is 6.13. The predicted molar refractivity (Wildman–Crippen MR) is 64.0 cm³/mol. The van der Waals surface area contributed by atoms with Crippen LogP contribution >= 0.6 is 0 Å². The molecule has 0 bridgehead atoms. The zero-order valence-electron chi connectivity index (χ0n) is 10.0. The second-order valence-corrected chi connectivity index (χ2v) is 5.68. The number of nitrogens with zero attached hydrogens (tertiary/aromatic N) is 1. The van der Waals surface area contributed by atoms with Gasteiger partial charge in [0.25, 0.3) is 0 Å². The molecule has 1 aromatic rings. The van der Waals surface area contributed by atoms with Gasteiger partial charge in [-0.3, -0.25) is 4.90 Å². The second-order valence-electron chi connectivity index (χ2n) is 5.68. The van der Waals surface area contributed by atoms with Crippen LogP contribution in [0.15, 0.2) is 18.2 Å². The number of aliphatic hydroxyl groups is 1. The van der Waals surface area contributed by atoms with Crippen molar-refractivity contribution in [2.75, 3.05) is 0 Å². The van der Waals surface area contributed by atoms with E-state index in [0.717, 1.165) is 24.7 Å². The molecule has 0 spiro atoms. The highest BCUT2D eigenvalue weighted by atomic mass is 16.3. The van der Waals surface area contributed by atoms with Crippen molar-refractivity contribution in [3.63, 3.8) is 0 Å². The molecule has 2 nitrogen and oxygen atoms in total. The first kappa shape index (κ1) is 10.3. The molecule has 86 valence electrons. The molecule has 0 amide bonds. The molecule has 1 aromatic carbocycles. The van der Waals surface area contributed by atoms with Crippen LogP contribution < -0.4 is 0 Å². The minimum Gasteiger partial charge on any atom is -0.386 e. The highest BCUT2D eigenvalue weighted by Gasteiger charge is 2.33. The van der Waals surface area contributed by atoms with Gasteiger partial charge in [-0.2, -0.15) is 0 Å². The Kier molecular flexibility index (Phi) is 2.13. The maximum absolute atomic E-state index is 9.99. The Balaban J connectivity index is 1.88. The summed E-state index contributed by atoms with van der Waals surface area (Å²) in [5, 5.41) is 9.99. The fourth-order valence-electron chi connectivity index (χ4n) is 2.50. The van der Waals surface area contributed by atoms with E-state index in [0.29, 0.717) is 0 Å². The van der Waals surface area contributed by atoms with E-state index < -0.39 is 5.60 Å². The smallest absolute Gasteiger partial charge is 0.0840 e. The van der Waals surface area contributed by atoms with Crippen molar-refractivity contribution in [3.05, 3.63) is 34.9 Å². The molecule has 2 heteroatoms. The van der Waals surface area contributed by atoms with Gasteiger partial charge in [0.15, 0.2) is 0 Å². The molecule has 1 heterocycles. The summed E-state index contributed by atoms with van der Waals surface area (Å²) in [5.41, 5.74) is 3.16. The zero-order chi connectivity index (χ0) is 11.3. The van der Waals surface area contributed by atoms with Crippen LogP contribution in [0.25, 0.3) is 0 Å². The lowest BCUT2D eigenvalue weighted by molar-refractivity contribution is 0.0785. The Bertz CT molecular complexity index is 415. The van der Waals surface area contributed by atoms with Crippen LogP contribution in [0.5, 0.6) is 0 Å². The van der Waals surface area contributed by atoms with Crippen LogP contribution in [0.2, 0.25) is 0 Å². The van der Waals surface area contributed by atoms with Crippen molar-refractivity contribution in [2.24, 2.45) is 0 Å². The summed E-state index contributed by atoms with van der Waals surface area (Å²) in [5.74, 6) is 0. The molecule has 0 aromatic heterocycles. The zero-order valence-corrected chi connectivity index (χ0v) is 10.0. The molecule has 3 rings (SSSR count). The molecule has 0 saturated heterocycles. The highest BCUT2D eigenvalue weighted by molar-refractivity contribution is 5.37. The number of hydrogen-bond acceptors (Lipinski definition) is 2. The molecule has 1 aliphatic heterocycles. The Morgan fingerprint density at radius 3 is 2.50 bits per heavy atom. The maximum Gasteiger partial charge on any atom is 0.0840 e. The van der Waals surface area contributed by atoms with Gasteiger partial charge in [-0.05, 0) is 43.4 Å². The van der Waals surface area contributed by atoms with Gasteiger partial charge in [0.05, 0.1) is 5.60 Å². The SMILES string of the molecule is CC(C)(O)c1ccc2c(c1)CN(C1CC1)C2. The summed E-state index contributed by atoms with van der Waals surface area (Å²) in [7, 11) is 0. The van der Waals surface area contributed by atoms with Gasteiger partial charge in [-0.15, -0.1) is 0 Å². The van der Waals surface area contributed by atoms with E-state index in [1.54, 1.807) is 0 Å². The Hall–Kier alpha value is -0.860. The summed E-state index contributed by atoms with van der Waals surface area (Å²) in [6, 6.07) is 7.26. The lowest BCUT2D eigenvalue weighted by atomic mass is 9.95. The highest BCUT2D eigenvalue weighted by Crippen LogP contribution is 2.35. The minimum absolute atomic E-state index is 0.720. The molecule has 1 N–H and O–H groups in total. The monoisotopic (exact) mass is 217 g/mol. The molecule has 1 saturated carbocycles. The molecule has 0 atom stereocenters. The van der Waals surface area contributed by atoms with Crippen molar-refractivity contribution >= 4 is 0 Å². The van der Waals surface area contributed by atoms with Crippen molar-refractivity contribution in [3.8, 4) is 0 Å². The van der Waals surface area contributed by atoms with Crippen LogP contribution in [0.3, 0.4) is 0 Å². The van der Waals surface area contributed by atoms with Crippen LogP contribution in [0, 0.1) is 0 Å². The molecular weight excluding hydrogens is 198 g/mol. The summed E-state index contributed by atoms with van der Waals surface area (Å²) < 4.78 is 0. The van der Waals surface area contributed by atoms with E-state index in [9.17, 15) is 5.11 Å².